The standard InChI is InChI=1S/C19H22N6O4S/c1-13-14(2)25(12-20-13)17-9-10-19(23-22-17)29-16-7-5-15(6-8-16)21-18(26)11-24(3)30(4,27)28/h5-10,12H,11H2,1-4H3,(H,21,26). The van der Waals surface area contributed by atoms with Crippen molar-refractivity contribution in [1.29, 1.82) is 0 Å². The van der Waals surface area contributed by atoms with Crippen LogP contribution in [-0.2, 0) is 14.8 Å². The fraction of sp³-hybridized carbons (Fsp3) is 0.263. The molecule has 3 rings (SSSR count). The topological polar surface area (TPSA) is 119 Å². The molecule has 10 nitrogen and oxygen atoms in total. The predicted molar refractivity (Wildman–Crippen MR) is 111 cm³/mol. The molecule has 1 aromatic carbocycles. The lowest BCUT2D eigenvalue weighted by Gasteiger charge is -2.13. The Bertz CT molecular complexity index is 1140. The Labute approximate surface area is 174 Å². The van der Waals surface area contributed by atoms with Crippen LogP contribution in [-0.4, -0.2) is 58.2 Å². The summed E-state index contributed by atoms with van der Waals surface area (Å²) in [4.78, 5) is 16.2. The van der Waals surface area contributed by atoms with E-state index in [0.717, 1.165) is 21.9 Å². The maximum atomic E-state index is 11.9. The van der Waals surface area contributed by atoms with Crippen molar-refractivity contribution in [2.45, 2.75) is 13.8 Å². The van der Waals surface area contributed by atoms with E-state index in [2.05, 4.69) is 20.5 Å². The van der Waals surface area contributed by atoms with Gasteiger partial charge in [-0.25, -0.2) is 13.4 Å². The zero-order chi connectivity index (χ0) is 21.9. The minimum atomic E-state index is -3.42. The first-order valence-corrected chi connectivity index (χ1v) is 10.8. The summed E-state index contributed by atoms with van der Waals surface area (Å²) >= 11 is 0. The Morgan fingerprint density at radius 1 is 1.13 bits per heavy atom. The lowest BCUT2D eigenvalue weighted by Crippen LogP contribution is -2.34. The fourth-order valence-electron chi connectivity index (χ4n) is 2.47. The molecule has 0 aliphatic carbocycles. The molecular formula is C19H22N6O4S. The van der Waals surface area contributed by atoms with E-state index in [1.807, 2.05) is 18.4 Å². The van der Waals surface area contributed by atoms with Crippen LogP contribution in [0.2, 0.25) is 0 Å². The summed E-state index contributed by atoms with van der Waals surface area (Å²) in [6.45, 7) is 3.61. The average molecular weight is 430 g/mol. The van der Waals surface area contributed by atoms with Gasteiger partial charge >= 0.3 is 0 Å². The molecule has 1 amide bonds. The molecule has 30 heavy (non-hydrogen) atoms. The van der Waals surface area contributed by atoms with Gasteiger partial charge in [-0.1, -0.05) is 0 Å². The number of aromatic nitrogens is 4. The van der Waals surface area contributed by atoms with Gasteiger partial charge in [-0.05, 0) is 44.2 Å². The number of hydrogen-bond acceptors (Lipinski definition) is 7. The van der Waals surface area contributed by atoms with Gasteiger partial charge in [-0.3, -0.25) is 9.36 Å². The number of sulfonamides is 1. The van der Waals surface area contributed by atoms with Gasteiger partial charge in [0, 0.05) is 24.5 Å². The van der Waals surface area contributed by atoms with Crippen LogP contribution in [0.1, 0.15) is 11.4 Å². The normalized spacial score (nSPS) is 11.5. The molecule has 0 bridgehead atoms. The number of carbonyl (C=O) groups is 1. The number of amides is 1. The highest BCUT2D eigenvalue weighted by atomic mass is 32.2. The second-order valence-corrected chi connectivity index (χ2v) is 8.80. The first-order chi connectivity index (χ1) is 14.1. The molecule has 0 atom stereocenters. The maximum absolute atomic E-state index is 11.9. The Kier molecular flexibility index (Phi) is 6.13. The molecular weight excluding hydrogens is 408 g/mol. The highest BCUT2D eigenvalue weighted by Gasteiger charge is 2.15. The molecule has 1 N–H and O–H groups in total. The quantitative estimate of drug-likeness (QED) is 0.608. The van der Waals surface area contributed by atoms with Crippen molar-refractivity contribution in [2.24, 2.45) is 0 Å². The van der Waals surface area contributed by atoms with Crippen LogP contribution in [0.4, 0.5) is 5.69 Å². The van der Waals surface area contributed by atoms with Crippen LogP contribution in [0.3, 0.4) is 0 Å². The maximum Gasteiger partial charge on any atom is 0.239 e. The van der Waals surface area contributed by atoms with E-state index in [9.17, 15) is 13.2 Å². The Balaban J connectivity index is 1.60. The minimum absolute atomic E-state index is 0.269. The molecule has 2 heterocycles. The zero-order valence-corrected chi connectivity index (χ0v) is 17.8. The van der Waals surface area contributed by atoms with Gasteiger partial charge in [-0.15, -0.1) is 10.2 Å². The van der Waals surface area contributed by atoms with Gasteiger partial charge in [0.25, 0.3) is 0 Å². The first kappa shape index (κ1) is 21.4. The molecule has 0 fully saturated rings. The summed E-state index contributed by atoms with van der Waals surface area (Å²) in [5.74, 6) is 1.03. The number of likely N-dealkylation sites (N-methyl/N-ethyl adjacent to an activating group) is 1. The lowest BCUT2D eigenvalue weighted by atomic mass is 10.3. The van der Waals surface area contributed by atoms with Gasteiger partial charge in [0.05, 0.1) is 18.5 Å². The van der Waals surface area contributed by atoms with Crippen molar-refractivity contribution in [3.05, 3.63) is 54.1 Å². The van der Waals surface area contributed by atoms with Crippen LogP contribution >= 0.6 is 0 Å². The van der Waals surface area contributed by atoms with Crippen LogP contribution in [0.5, 0.6) is 11.6 Å². The smallest absolute Gasteiger partial charge is 0.239 e. The Hall–Kier alpha value is -3.31. The second-order valence-electron chi connectivity index (χ2n) is 6.71. The largest absolute Gasteiger partial charge is 0.438 e. The van der Waals surface area contributed by atoms with Crippen LogP contribution in [0.25, 0.3) is 5.82 Å². The lowest BCUT2D eigenvalue weighted by molar-refractivity contribution is -0.116. The molecule has 0 saturated carbocycles. The third-order valence-corrected chi connectivity index (χ3v) is 5.68. The molecule has 0 radical (unpaired) electrons. The number of nitrogens with one attached hydrogen (secondary N) is 1. The van der Waals surface area contributed by atoms with Crippen molar-refractivity contribution < 1.29 is 17.9 Å². The average Bonchev–Trinajstić information content (AvgIpc) is 3.02. The highest BCUT2D eigenvalue weighted by molar-refractivity contribution is 7.88. The van der Waals surface area contributed by atoms with E-state index in [0.29, 0.717) is 23.1 Å². The molecule has 3 aromatic rings. The zero-order valence-electron chi connectivity index (χ0n) is 17.0. The van der Waals surface area contributed by atoms with Gasteiger partial charge in [0.1, 0.15) is 12.1 Å². The number of nitrogens with zero attached hydrogens (tertiary/aromatic N) is 5. The number of hydrogen-bond donors (Lipinski definition) is 1. The van der Waals surface area contributed by atoms with Crippen molar-refractivity contribution in [1.82, 2.24) is 24.1 Å². The van der Waals surface area contributed by atoms with Crippen LogP contribution in [0, 0.1) is 13.8 Å². The summed E-state index contributed by atoms with van der Waals surface area (Å²) in [7, 11) is -2.08. The van der Waals surface area contributed by atoms with Gasteiger partial charge in [0.2, 0.25) is 21.8 Å². The third-order valence-electron chi connectivity index (χ3n) is 4.42. The minimum Gasteiger partial charge on any atom is -0.438 e. The summed E-state index contributed by atoms with van der Waals surface area (Å²) in [6, 6.07) is 10.1. The van der Waals surface area contributed by atoms with E-state index in [4.69, 9.17) is 4.74 Å². The summed E-state index contributed by atoms with van der Waals surface area (Å²) < 4.78 is 31.2. The highest BCUT2D eigenvalue weighted by Crippen LogP contribution is 2.22. The third kappa shape index (κ3) is 5.19. The Morgan fingerprint density at radius 2 is 1.83 bits per heavy atom. The van der Waals surface area contributed by atoms with Gasteiger partial charge in [-0.2, -0.15) is 4.31 Å². The molecule has 11 heteroatoms. The monoisotopic (exact) mass is 430 g/mol. The van der Waals surface area contributed by atoms with Crippen molar-refractivity contribution in [2.75, 3.05) is 25.2 Å². The number of benzene rings is 1. The van der Waals surface area contributed by atoms with Gasteiger partial charge in [0.15, 0.2) is 5.82 Å². The summed E-state index contributed by atoms with van der Waals surface area (Å²) in [6.07, 6.45) is 2.73. The van der Waals surface area contributed by atoms with Gasteiger partial charge < -0.3 is 10.1 Å². The van der Waals surface area contributed by atoms with Crippen molar-refractivity contribution >= 4 is 21.6 Å². The van der Waals surface area contributed by atoms with Crippen molar-refractivity contribution in [3.8, 4) is 17.4 Å². The molecule has 0 aliphatic rings. The number of anilines is 1. The number of aryl methyl sites for hydroxylation is 1. The number of imidazole rings is 1. The number of ether oxygens (including phenoxy) is 1. The molecule has 0 saturated heterocycles. The van der Waals surface area contributed by atoms with Crippen LogP contribution in [0.15, 0.2) is 42.7 Å². The van der Waals surface area contributed by atoms with E-state index in [1.54, 1.807) is 42.7 Å². The molecule has 0 unspecified atom stereocenters. The van der Waals surface area contributed by atoms with E-state index in [1.165, 1.54) is 7.05 Å². The number of carbonyl (C=O) groups excluding carboxylic acids is 1. The van der Waals surface area contributed by atoms with E-state index in [-0.39, 0.29) is 6.54 Å². The summed E-state index contributed by atoms with van der Waals surface area (Å²) in [5, 5.41) is 10.9. The summed E-state index contributed by atoms with van der Waals surface area (Å²) in [5.41, 5.74) is 2.42. The first-order valence-electron chi connectivity index (χ1n) is 8.97. The molecule has 2 aromatic heterocycles. The fourth-order valence-corrected chi connectivity index (χ4v) is 2.82. The predicted octanol–water partition coefficient (Wildman–Crippen LogP) is 1.90. The van der Waals surface area contributed by atoms with E-state index >= 15 is 0 Å². The van der Waals surface area contributed by atoms with Crippen molar-refractivity contribution in [3.63, 3.8) is 0 Å². The Morgan fingerprint density at radius 3 is 2.37 bits per heavy atom. The van der Waals surface area contributed by atoms with Crippen LogP contribution < -0.4 is 10.1 Å². The molecule has 0 aliphatic heterocycles. The second kappa shape index (κ2) is 8.59. The SMILES string of the molecule is Cc1ncn(-c2ccc(Oc3ccc(NC(=O)CN(C)S(C)(=O)=O)cc3)nn2)c1C. The number of rotatable bonds is 7. The molecule has 0 spiro atoms. The molecule has 158 valence electrons. The van der Waals surface area contributed by atoms with E-state index < -0.39 is 15.9 Å².